The lowest BCUT2D eigenvalue weighted by Crippen LogP contribution is -2.36. The van der Waals surface area contributed by atoms with Gasteiger partial charge in [0.1, 0.15) is 0 Å². The molecule has 1 amide bonds. The monoisotopic (exact) mass is 269 g/mol. The van der Waals surface area contributed by atoms with E-state index in [0.29, 0.717) is 6.42 Å². The molecule has 0 bridgehead atoms. The minimum atomic E-state index is -0.248. The van der Waals surface area contributed by atoms with E-state index < -0.39 is 0 Å². The smallest absolute Gasteiger partial charge is 0.220 e. The molecule has 1 saturated heterocycles. The van der Waals surface area contributed by atoms with Crippen LogP contribution in [0, 0.1) is 5.92 Å². The van der Waals surface area contributed by atoms with Gasteiger partial charge in [-0.2, -0.15) is 0 Å². The molecule has 3 N–H and O–H groups in total. The maximum absolute atomic E-state index is 11.6. The summed E-state index contributed by atoms with van der Waals surface area (Å²) in [5.74, 6) is 1.02. The van der Waals surface area contributed by atoms with Crippen LogP contribution in [0.3, 0.4) is 0 Å². The molecule has 0 aromatic heterocycles. The van der Waals surface area contributed by atoms with Crippen LogP contribution in [0.15, 0.2) is 0 Å². The molecule has 1 heterocycles. The zero-order chi connectivity index (χ0) is 14.3. The summed E-state index contributed by atoms with van der Waals surface area (Å²) in [5, 5.41) is 2.98. The Bertz CT molecular complexity index is 265. The molecule has 0 aromatic carbocycles. The van der Waals surface area contributed by atoms with Gasteiger partial charge in [-0.25, -0.2) is 0 Å². The number of nitrogens with two attached hydrogens (primary N) is 1. The van der Waals surface area contributed by atoms with Crippen molar-refractivity contribution in [2.75, 3.05) is 26.2 Å². The maximum Gasteiger partial charge on any atom is 0.220 e. The van der Waals surface area contributed by atoms with Crippen LogP contribution in [-0.2, 0) is 4.79 Å². The van der Waals surface area contributed by atoms with Gasteiger partial charge in [0.25, 0.3) is 0 Å². The fourth-order valence-electron chi connectivity index (χ4n) is 2.34. The molecule has 112 valence electrons. The van der Waals surface area contributed by atoms with E-state index in [1.807, 2.05) is 13.8 Å². The highest BCUT2D eigenvalue weighted by Gasteiger charge is 2.15. The van der Waals surface area contributed by atoms with Gasteiger partial charge in [-0.05, 0) is 65.1 Å². The molecule has 19 heavy (non-hydrogen) atoms. The lowest BCUT2D eigenvalue weighted by molar-refractivity contribution is -0.121. The SMILES string of the molecule is CC1CCN(CCCNC(=O)CCC(C)(C)N)CC1. The van der Waals surface area contributed by atoms with Crippen LogP contribution in [0.2, 0.25) is 0 Å². The van der Waals surface area contributed by atoms with Gasteiger partial charge in [-0.3, -0.25) is 4.79 Å². The van der Waals surface area contributed by atoms with Crippen LogP contribution < -0.4 is 11.1 Å². The average molecular weight is 269 g/mol. The first-order valence-corrected chi connectivity index (χ1v) is 7.65. The summed E-state index contributed by atoms with van der Waals surface area (Å²) >= 11 is 0. The molecule has 0 atom stereocenters. The molecule has 0 radical (unpaired) electrons. The van der Waals surface area contributed by atoms with Gasteiger partial charge in [-0.1, -0.05) is 6.92 Å². The Labute approximate surface area is 118 Å². The number of carbonyl (C=O) groups is 1. The fraction of sp³-hybridized carbons (Fsp3) is 0.933. The molecule has 1 aliphatic heterocycles. The molecule has 0 saturated carbocycles. The number of amides is 1. The van der Waals surface area contributed by atoms with Crippen LogP contribution >= 0.6 is 0 Å². The van der Waals surface area contributed by atoms with Crippen molar-refractivity contribution in [1.29, 1.82) is 0 Å². The minimum absolute atomic E-state index is 0.130. The normalized spacial score (nSPS) is 18.5. The van der Waals surface area contributed by atoms with Crippen molar-refractivity contribution in [2.24, 2.45) is 11.7 Å². The number of hydrogen-bond donors (Lipinski definition) is 2. The third-order valence-electron chi connectivity index (χ3n) is 3.85. The number of nitrogens with one attached hydrogen (secondary N) is 1. The molecule has 0 aromatic rings. The van der Waals surface area contributed by atoms with Gasteiger partial charge in [0, 0.05) is 18.5 Å². The fourth-order valence-corrected chi connectivity index (χ4v) is 2.34. The second kappa shape index (κ2) is 7.85. The van der Waals surface area contributed by atoms with E-state index in [-0.39, 0.29) is 11.4 Å². The summed E-state index contributed by atoms with van der Waals surface area (Å²) < 4.78 is 0. The first-order chi connectivity index (χ1) is 8.87. The van der Waals surface area contributed by atoms with Crippen LogP contribution in [0.4, 0.5) is 0 Å². The van der Waals surface area contributed by atoms with Crippen molar-refractivity contribution >= 4 is 5.91 Å². The van der Waals surface area contributed by atoms with Crippen LogP contribution in [0.25, 0.3) is 0 Å². The highest BCUT2D eigenvalue weighted by Crippen LogP contribution is 2.15. The Morgan fingerprint density at radius 1 is 1.37 bits per heavy atom. The summed E-state index contributed by atoms with van der Waals surface area (Å²) in [5.41, 5.74) is 5.61. The van der Waals surface area contributed by atoms with Gasteiger partial charge in [0.2, 0.25) is 5.91 Å². The predicted molar refractivity (Wildman–Crippen MR) is 80.0 cm³/mol. The summed E-state index contributed by atoms with van der Waals surface area (Å²) in [4.78, 5) is 14.1. The Morgan fingerprint density at radius 2 is 2.00 bits per heavy atom. The average Bonchev–Trinajstić information content (AvgIpc) is 2.33. The van der Waals surface area contributed by atoms with E-state index in [1.165, 1.54) is 25.9 Å². The third kappa shape index (κ3) is 8.22. The van der Waals surface area contributed by atoms with Gasteiger partial charge in [0.15, 0.2) is 0 Å². The number of piperidine rings is 1. The van der Waals surface area contributed by atoms with E-state index in [9.17, 15) is 4.79 Å². The minimum Gasteiger partial charge on any atom is -0.356 e. The van der Waals surface area contributed by atoms with Crippen LogP contribution in [0.1, 0.15) is 52.9 Å². The summed E-state index contributed by atoms with van der Waals surface area (Å²) in [6.45, 7) is 10.6. The Hall–Kier alpha value is -0.610. The molecule has 1 aliphatic rings. The Morgan fingerprint density at radius 3 is 2.58 bits per heavy atom. The van der Waals surface area contributed by atoms with Crippen molar-refractivity contribution in [3.05, 3.63) is 0 Å². The largest absolute Gasteiger partial charge is 0.356 e. The molecular weight excluding hydrogens is 238 g/mol. The summed E-state index contributed by atoms with van der Waals surface area (Å²) in [6.07, 6.45) is 4.95. The van der Waals surface area contributed by atoms with Crippen LogP contribution in [-0.4, -0.2) is 42.5 Å². The van der Waals surface area contributed by atoms with Gasteiger partial charge in [0.05, 0.1) is 0 Å². The Balaban J connectivity index is 2.00. The first-order valence-electron chi connectivity index (χ1n) is 7.65. The lowest BCUT2D eigenvalue weighted by atomic mass is 9.99. The number of carbonyl (C=O) groups excluding carboxylic acids is 1. The highest BCUT2D eigenvalue weighted by atomic mass is 16.1. The van der Waals surface area contributed by atoms with Crippen molar-refractivity contribution in [1.82, 2.24) is 10.2 Å². The molecule has 1 fully saturated rings. The lowest BCUT2D eigenvalue weighted by Gasteiger charge is -2.30. The standard InChI is InChI=1S/C15H31N3O/c1-13-6-11-18(12-7-13)10-4-9-17-14(19)5-8-15(2,3)16/h13H,4-12,16H2,1-3H3,(H,17,19). The predicted octanol–water partition coefficient (Wildman–Crippen LogP) is 1.74. The molecule has 4 heteroatoms. The molecule has 1 rings (SSSR count). The highest BCUT2D eigenvalue weighted by molar-refractivity contribution is 5.75. The van der Waals surface area contributed by atoms with Crippen molar-refractivity contribution in [2.45, 2.75) is 58.4 Å². The van der Waals surface area contributed by atoms with Gasteiger partial charge < -0.3 is 16.0 Å². The topological polar surface area (TPSA) is 58.4 Å². The maximum atomic E-state index is 11.6. The van der Waals surface area contributed by atoms with Crippen molar-refractivity contribution < 1.29 is 4.79 Å². The third-order valence-corrected chi connectivity index (χ3v) is 3.85. The first kappa shape index (κ1) is 16.4. The second-order valence-corrected chi connectivity index (χ2v) is 6.72. The molecule has 0 unspecified atom stereocenters. The number of rotatable bonds is 7. The molecule has 0 aliphatic carbocycles. The number of nitrogens with zero attached hydrogens (tertiary/aromatic N) is 1. The van der Waals surface area contributed by atoms with Crippen molar-refractivity contribution in [3.63, 3.8) is 0 Å². The molecule has 0 spiro atoms. The van der Waals surface area contributed by atoms with E-state index in [4.69, 9.17) is 5.73 Å². The van der Waals surface area contributed by atoms with E-state index >= 15 is 0 Å². The van der Waals surface area contributed by atoms with E-state index in [2.05, 4.69) is 17.1 Å². The zero-order valence-electron chi connectivity index (χ0n) is 12.9. The van der Waals surface area contributed by atoms with E-state index in [1.54, 1.807) is 0 Å². The van der Waals surface area contributed by atoms with Crippen LogP contribution in [0.5, 0.6) is 0 Å². The molecule has 4 nitrogen and oxygen atoms in total. The Kier molecular flexibility index (Phi) is 6.80. The van der Waals surface area contributed by atoms with Crippen molar-refractivity contribution in [3.8, 4) is 0 Å². The zero-order valence-corrected chi connectivity index (χ0v) is 12.9. The number of likely N-dealkylation sites (tertiary alicyclic amines) is 1. The molecular formula is C15H31N3O. The number of hydrogen-bond acceptors (Lipinski definition) is 3. The van der Waals surface area contributed by atoms with Gasteiger partial charge >= 0.3 is 0 Å². The summed E-state index contributed by atoms with van der Waals surface area (Å²) in [6, 6.07) is 0. The summed E-state index contributed by atoms with van der Waals surface area (Å²) in [7, 11) is 0. The quantitative estimate of drug-likeness (QED) is 0.692. The second-order valence-electron chi connectivity index (χ2n) is 6.72. The van der Waals surface area contributed by atoms with E-state index in [0.717, 1.165) is 31.8 Å². The van der Waals surface area contributed by atoms with Gasteiger partial charge in [-0.15, -0.1) is 0 Å².